The van der Waals surface area contributed by atoms with Crippen LogP contribution in [0.2, 0.25) is 0 Å². The average Bonchev–Trinajstić information content (AvgIpc) is 2.28. The van der Waals surface area contributed by atoms with Gasteiger partial charge in [0.05, 0.1) is 0 Å². The van der Waals surface area contributed by atoms with Crippen molar-refractivity contribution in [1.29, 1.82) is 0 Å². The van der Waals surface area contributed by atoms with Crippen LogP contribution in [0.1, 0.15) is 86.0 Å². The summed E-state index contributed by atoms with van der Waals surface area (Å²) in [6, 6.07) is 0.181. The molecule has 0 aromatic rings. The molecular weight excluding hydrogens is 220 g/mol. The van der Waals surface area contributed by atoms with Crippen molar-refractivity contribution in [2.24, 2.45) is 16.9 Å². The summed E-state index contributed by atoms with van der Waals surface area (Å²) in [4.78, 5) is 0. The molecule has 1 unspecified atom stereocenters. The second-order valence-corrected chi connectivity index (χ2v) is 6.10. The molecule has 0 aliphatic heterocycles. The van der Waals surface area contributed by atoms with Crippen LogP contribution in [0.5, 0.6) is 0 Å². The number of rotatable bonds is 10. The third kappa shape index (κ3) is 3.71. The van der Waals surface area contributed by atoms with Gasteiger partial charge in [0.15, 0.2) is 0 Å². The summed E-state index contributed by atoms with van der Waals surface area (Å²) in [6.45, 7) is 11.1. The molecule has 0 amide bonds. The predicted octanol–water partition coefficient (Wildman–Crippen LogP) is 4.22. The van der Waals surface area contributed by atoms with Gasteiger partial charge in [0.25, 0.3) is 0 Å². The van der Waals surface area contributed by atoms with Crippen LogP contribution in [0.4, 0.5) is 0 Å². The Morgan fingerprint density at radius 3 is 1.33 bits per heavy atom. The fraction of sp³-hybridized carbons (Fsp3) is 1.00. The lowest BCUT2D eigenvalue weighted by Gasteiger charge is -2.52. The largest absolute Gasteiger partial charge is 0.327 e. The van der Waals surface area contributed by atoms with Crippen molar-refractivity contribution in [2.75, 3.05) is 0 Å². The van der Waals surface area contributed by atoms with Crippen LogP contribution in [0.15, 0.2) is 0 Å². The fourth-order valence-corrected chi connectivity index (χ4v) is 3.94. The van der Waals surface area contributed by atoms with Crippen LogP contribution >= 0.6 is 0 Å². The van der Waals surface area contributed by atoms with E-state index in [-0.39, 0.29) is 17.0 Å². The van der Waals surface area contributed by atoms with Gasteiger partial charge < -0.3 is 11.5 Å². The van der Waals surface area contributed by atoms with Crippen molar-refractivity contribution < 1.29 is 0 Å². The zero-order valence-corrected chi connectivity index (χ0v) is 13.4. The summed E-state index contributed by atoms with van der Waals surface area (Å²) in [5, 5.41) is 0. The van der Waals surface area contributed by atoms with E-state index in [0.717, 1.165) is 38.5 Å². The summed E-state index contributed by atoms with van der Waals surface area (Å²) in [5.74, 6) is 0. The Kier molecular flexibility index (Phi) is 8.13. The van der Waals surface area contributed by atoms with Gasteiger partial charge in [-0.25, -0.2) is 0 Å². The Bertz CT molecular complexity index is 199. The highest BCUT2D eigenvalue weighted by Gasteiger charge is 2.48. The van der Waals surface area contributed by atoms with Crippen molar-refractivity contribution in [3.63, 3.8) is 0 Å². The van der Waals surface area contributed by atoms with Crippen LogP contribution in [-0.2, 0) is 0 Å². The van der Waals surface area contributed by atoms with E-state index < -0.39 is 0 Å². The van der Waals surface area contributed by atoms with Crippen LogP contribution in [0.3, 0.4) is 0 Å². The van der Waals surface area contributed by atoms with E-state index in [9.17, 15) is 0 Å². The summed E-state index contributed by atoms with van der Waals surface area (Å²) in [5.41, 5.74) is 13.3. The zero-order valence-electron chi connectivity index (χ0n) is 13.4. The first-order chi connectivity index (χ1) is 8.44. The Labute approximate surface area is 115 Å². The number of hydrogen-bond donors (Lipinski definition) is 2. The predicted molar refractivity (Wildman–Crippen MR) is 82.6 cm³/mol. The minimum Gasteiger partial charge on any atom is -0.327 e. The standard InChI is InChI=1S/C16H36N2/c1-6-10-15(11-7-2,14(5)17)16(18,12-8-3)13-9-4/h14H,6-13,17-18H2,1-5H3. The minimum atomic E-state index is -0.0866. The van der Waals surface area contributed by atoms with Crippen molar-refractivity contribution in [2.45, 2.75) is 97.6 Å². The Morgan fingerprint density at radius 1 is 0.778 bits per heavy atom. The van der Waals surface area contributed by atoms with Gasteiger partial charge >= 0.3 is 0 Å². The van der Waals surface area contributed by atoms with Gasteiger partial charge in [-0.2, -0.15) is 0 Å². The van der Waals surface area contributed by atoms with E-state index in [2.05, 4.69) is 34.6 Å². The molecule has 0 fully saturated rings. The molecule has 2 heteroatoms. The van der Waals surface area contributed by atoms with Crippen LogP contribution in [0, 0.1) is 5.41 Å². The van der Waals surface area contributed by atoms with Crippen molar-refractivity contribution in [3.05, 3.63) is 0 Å². The second kappa shape index (κ2) is 8.16. The fourth-order valence-electron chi connectivity index (χ4n) is 3.94. The van der Waals surface area contributed by atoms with Gasteiger partial charge in [-0.1, -0.05) is 53.4 Å². The van der Waals surface area contributed by atoms with E-state index >= 15 is 0 Å². The molecule has 0 rings (SSSR count). The topological polar surface area (TPSA) is 52.0 Å². The van der Waals surface area contributed by atoms with Gasteiger partial charge in [-0.3, -0.25) is 0 Å². The van der Waals surface area contributed by atoms with E-state index in [1.54, 1.807) is 0 Å². The molecule has 0 bridgehead atoms. The summed E-state index contributed by atoms with van der Waals surface area (Å²) in [7, 11) is 0. The summed E-state index contributed by atoms with van der Waals surface area (Å²) in [6.07, 6.45) is 9.17. The normalized spacial score (nSPS) is 14.8. The van der Waals surface area contributed by atoms with Gasteiger partial charge in [0.2, 0.25) is 0 Å². The van der Waals surface area contributed by atoms with Crippen molar-refractivity contribution in [3.8, 4) is 0 Å². The highest BCUT2D eigenvalue weighted by atomic mass is 14.9. The first-order valence-electron chi connectivity index (χ1n) is 7.98. The molecule has 4 N–H and O–H groups in total. The monoisotopic (exact) mass is 256 g/mol. The van der Waals surface area contributed by atoms with Crippen LogP contribution in [-0.4, -0.2) is 11.6 Å². The highest BCUT2D eigenvalue weighted by Crippen LogP contribution is 2.46. The van der Waals surface area contributed by atoms with Gasteiger partial charge in [-0.05, 0) is 32.6 Å². The van der Waals surface area contributed by atoms with Gasteiger partial charge in [-0.15, -0.1) is 0 Å². The van der Waals surface area contributed by atoms with Crippen LogP contribution in [0.25, 0.3) is 0 Å². The molecule has 0 aromatic heterocycles. The van der Waals surface area contributed by atoms with E-state index in [1.807, 2.05) is 0 Å². The molecule has 0 saturated carbocycles. The zero-order chi connectivity index (χ0) is 14.2. The molecule has 0 spiro atoms. The maximum Gasteiger partial charge on any atom is 0.0225 e. The third-order valence-corrected chi connectivity index (χ3v) is 4.65. The Hall–Kier alpha value is -0.0800. The highest BCUT2D eigenvalue weighted by molar-refractivity contribution is 5.05. The maximum atomic E-state index is 6.89. The van der Waals surface area contributed by atoms with Gasteiger partial charge in [0.1, 0.15) is 0 Å². The summed E-state index contributed by atoms with van der Waals surface area (Å²) < 4.78 is 0. The second-order valence-electron chi connectivity index (χ2n) is 6.10. The van der Waals surface area contributed by atoms with Crippen molar-refractivity contribution in [1.82, 2.24) is 0 Å². The first-order valence-corrected chi connectivity index (χ1v) is 7.98. The molecule has 0 aliphatic carbocycles. The Balaban J connectivity index is 5.42. The lowest BCUT2D eigenvalue weighted by molar-refractivity contribution is 0.0484. The molecular formula is C16H36N2. The molecule has 0 heterocycles. The lowest BCUT2D eigenvalue weighted by Crippen LogP contribution is -2.62. The molecule has 0 saturated heterocycles. The van der Waals surface area contributed by atoms with Crippen LogP contribution < -0.4 is 11.5 Å². The first kappa shape index (κ1) is 17.9. The smallest absolute Gasteiger partial charge is 0.0225 e. The number of nitrogens with two attached hydrogens (primary N) is 2. The molecule has 2 nitrogen and oxygen atoms in total. The van der Waals surface area contributed by atoms with E-state index in [1.165, 1.54) is 12.8 Å². The summed E-state index contributed by atoms with van der Waals surface area (Å²) >= 11 is 0. The molecule has 1 atom stereocenters. The maximum absolute atomic E-state index is 6.89. The SMILES string of the molecule is CCCC(N)(CCC)C(CCC)(CCC)C(C)N. The number of hydrogen-bond acceptors (Lipinski definition) is 2. The third-order valence-electron chi connectivity index (χ3n) is 4.65. The van der Waals surface area contributed by atoms with E-state index in [4.69, 9.17) is 11.5 Å². The molecule has 110 valence electrons. The van der Waals surface area contributed by atoms with E-state index in [0.29, 0.717) is 0 Å². The Morgan fingerprint density at radius 2 is 1.11 bits per heavy atom. The van der Waals surface area contributed by atoms with Crippen molar-refractivity contribution >= 4 is 0 Å². The lowest BCUT2D eigenvalue weighted by atomic mass is 9.58. The minimum absolute atomic E-state index is 0.0866. The molecule has 0 aromatic carbocycles. The molecule has 0 aliphatic rings. The quantitative estimate of drug-likeness (QED) is 0.615. The molecule has 18 heavy (non-hydrogen) atoms. The van der Waals surface area contributed by atoms with Gasteiger partial charge in [0, 0.05) is 17.0 Å². The average molecular weight is 256 g/mol. The molecule has 0 radical (unpaired) electrons.